The van der Waals surface area contributed by atoms with Gasteiger partial charge < -0.3 is 29.7 Å². The minimum atomic E-state index is -1.34. The standard InChI is InChI=1S/C18H29BN4O5/c1-17(2)18(3,4)28-19(27-17)13-8-21-16(22-9-13)20-7-12-5-6-23(10-12)15(26)14(25)11-24/h8-9,12,14,24-25H,5-7,10-11H2,1-4H3,(H,20,21,22)/t12-,14+/m1/s1. The maximum Gasteiger partial charge on any atom is 0.498 e. The Balaban J connectivity index is 1.50. The third-order valence-electron chi connectivity index (χ3n) is 5.80. The molecule has 3 N–H and O–H groups in total. The van der Waals surface area contributed by atoms with Crippen LogP contribution in [0.2, 0.25) is 0 Å². The summed E-state index contributed by atoms with van der Waals surface area (Å²) in [5.74, 6) is 0.315. The van der Waals surface area contributed by atoms with Crippen LogP contribution in [-0.4, -0.2) is 81.7 Å². The lowest BCUT2D eigenvalue weighted by Crippen LogP contribution is -2.41. The van der Waals surface area contributed by atoms with Crippen molar-refractivity contribution in [1.82, 2.24) is 14.9 Å². The number of amides is 1. The number of anilines is 1. The normalized spacial score (nSPS) is 24.4. The van der Waals surface area contributed by atoms with Crippen molar-refractivity contribution in [3.63, 3.8) is 0 Å². The minimum Gasteiger partial charge on any atom is -0.399 e. The summed E-state index contributed by atoms with van der Waals surface area (Å²) in [5.41, 5.74) is -0.0617. The Bertz CT molecular complexity index is 684. The second-order valence-corrected chi connectivity index (χ2v) is 8.45. The number of aliphatic hydroxyl groups is 2. The van der Waals surface area contributed by atoms with E-state index in [1.54, 1.807) is 17.3 Å². The first-order chi connectivity index (χ1) is 13.1. The van der Waals surface area contributed by atoms with Crippen LogP contribution < -0.4 is 10.8 Å². The average Bonchev–Trinajstić information content (AvgIpc) is 3.21. The van der Waals surface area contributed by atoms with Gasteiger partial charge in [-0.3, -0.25) is 4.79 Å². The van der Waals surface area contributed by atoms with Gasteiger partial charge in [0, 0.05) is 37.5 Å². The molecule has 3 rings (SSSR count). The van der Waals surface area contributed by atoms with Crippen molar-refractivity contribution in [3.8, 4) is 0 Å². The lowest BCUT2D eigenvalue weighted by atomic mass is 9.81. The zero-order valence-electron chi connectivity index (χ0n) is 16.9. The van der Waals surface area contributed by atoms with Crippen LogP contribution in [0.5, 0.6) is 0 Å². The third-order valence-corrected chi connectivity index (χ3v) is 5.80. The molecule has 0 aliphatic carbocycles. The molecule has 28 heavy (non-hydrogen) atoms. The molecule has 0 spiro atoms. The van der Waals surface area contributed by atoms with Crippen LogP contribution in [0.3, 0.4) is 0 Å². The van der Waals surface area contributed by atoms with Crippen molar-refractivity contribution in [2.75, 3.05) is 31.6 Å². The van der Waals surface area contributed by atoms with E-state index in [2.05, 4.69) is 15.3 Å². The van der Waals surface area contributed by atoms with E-state index in [0.717, 1.165) is 11.9 Å². The Morgan fingerprint density at radius 2 is 1.93 bits per heavy atom. The average molecular weight is 392 g/mol. The highest BCUT2D eigenvalue weighted by molar-refractivity contribution is 6.61. The molecule has 9 nitrogen and oxygen atoms in total. The maximum absolute atomic E-state index is 11.9. The summed E-state index contributed by atoms with van der Waals surface area (Å²) in [4.78, 5) is 22.2. The predicted molar refractivity (Wildman–Crippen MR) is 104 cm³/mol. The van der Waals surface area contributed by atoms with Gasteiger partial charge in [0.15, 0.2) is 6.10 Å². The van der Waals surface area contributed by atoms with Crippen LogP contribution >= 0.6 is 0 Å². The highest BCUT2D eigenvalue weighted by Crippen LogP contribution is 2.36. The monoisotopic (exact) mass is 392 g/mol. The van der Waals surface area contributed by atoms with E-state index in [4.69, 9.17) is 14.4 Å². The predicted octanol–water partition coefficient (Wildman–Crippen LogP) is -0.611. The number of aliphatic hydroxyl groups excluding tert-OH is 2. The zero-order valence-corrected chi connectivity index (χ0v) is 16.9. The number of carbonyl (C=O) groups excluding carboxylic acids is 1. The van der Waals surface area contributed by atoms with E-state index in [9.17, 15) is 9.90 Å². The van der Waals surface area contributed by atoms with Crippen LogP contribution in [-0.2, 0) is 14.1 Å². The van der Waals surface area contributed by atoms with Crippen molar-refractivity contribution in [2.24, 2.45) is 5.92 Å². The molecule has 0 saturated carbocycles. The summed E-state index contributed by atoms with van der Waals surface area (Å²) in [6.07, 6.45) is 2.87. The lowest BCUT2D eigenvalue weighted by molar-refractivity contribution is -0.141. The fourth-order valence-electron chi connectivity index (χ4n) is 3.25. The third kappa shape index (κ3) is 4.30. The first-order valence-corrected chi connectivity index (χ1v) is 9.62. The van der Waals surface area contributed by atoms with Gasteiger partial charge in [-0.15, -0.1) is 0 Å². The fraction of sp³-hybridized carbons (Fsp3) is 0.722. The number of aromatic nitrogens is 2. The number of carbonyl (C=O) groups is 1. The molecule has 0 aromatic carbocycles. The summed E-state index contributed by atoms with van der Waals surface area (Å²) < 4.78 is 12.0. The Hall–Kier alpha value is -1.75. The smallest absolute Gasteiger partial charge is 0.399 e. The second kappa shape index (κ2) is 7.94. The topological polar surface area (TPSA) is 117 Å². The molecule has 0 bridgehead atoms. The van der Waals surface area contributed by atoms with Crippen molar-refractivity contribution >= 4 is 24.4 Å². The van der Waals surface area contributed by atoms with E-state index in [0.29, 0.717) is 25.6 Å². The Kier molecular flexibility index (Phi) is 5.95. The van der Waals surface area contributed by atoms with Gasteiger partial charge in [0.05, 0.1) is 17.8 Å². The second-order valence-electron chi connectivity index (χ2n) is 8.45. The number of nitrogens with one attached hydrogen (secondary N) is 1. The van der Waals surface area contributed by atoms with Gasteiger partial charge in [-0.25, -0.2) is 9.97 Å². The van der Waals surface area contributed by atoms with E-state index in [1.165, 1.54) is 0 Å². The number of nitrogens with zero attached hydrogens (tertiary/aromatic N) is 3. The number of hydrogen-bond donors (Lipinski definition) is 3. The van der Waals surface area contributed by atoms with E-state index in [-0.39, 0.29) is 5.92 Å². The quantitative estimate of drug-likeness (QED) is 0.549. The molecule has 3 heterocycles. The molecule has 2 atom stereocenters. The van der Waals surface area contributed by atoms with E-state index in [1.807, 2.05) is 27.7 Å². The molecular weight excluding hydrogens is 363 g/mol. The van der Waals surface area contributed by atoms with Gasteiger partial charge in [0.25, 0.3) is 5.91 Å². The molecule has 0 unspecified atom stereocenters. The van der Waals surface area contributed by atoms with Crippen LogP contribution in [0.25, 0.3) is 0 Å². The molecule has 1 aromatic heterocycles. The zero-order chi connectivity index (χ0) is 20.5. The molecule has 10 heteroatoms. The van der Waals surface area contributed by atoms with E-state index < -0.39 is 36.9 Å². The van der Waals surface area contributed by atoms with Gasteiger partial charge in [-0.2, -0.15) is 0 Å². The molecule has 2 aliphatic rings. The van der Waals surface area contributed by atoms with Crippen molar-refractivity contribution < 1.29 is 24.3 Å². The molecular formula is C18H29BN4O5. The minimum absolute atomic E-state index is 0.237. The maximum atomic E-state index is 11.9. The highest BCUT2D eigenvalue weighted by Gasteiger charge is 2.51. The summed E-state index contributed by atoms with van der Waals surface area (Å²) in [6.45, 7) is 9.17. The summed E-state index contributed by atoms with van der Waals surface area (Å²) in [6, 6.07) is 0. The van der Waals surface area contributed by atoms with Crippen molar-refractivity contribution in [1.29, 1.82) is 0 Å². The molecule has 154 valence electrons. The van der Waals surface area contributed by atoms with Crippen molar-refractivity contribution in [2.45, 2.75) is 51.4 Å². The molecule has 2 saturated heterocycles. The van der Waals surface area contributed by atoms with Crippen LogP contribution in [0.1, 0.15) is 34.1 Å². The lowest BCUT2D eigenvalue weighted by Gasteiger charge is -2.32. The number of hydrogen-bond acceptors (Lipinski definition) is 8. The van der Waals surface area contributed by atoms with Crippen LogP contribution in [0.15, 0.2) is 12.4 Å². The Morgan fingerprint density at radius 1 is 1.32 bits per heavy atom. The van der Waals surface area contributed by atoms with Gasteiger partial charge >= 0.3 is 7.12 Å². The molecule has 1 aromatic rings. The largest absolute Gasteiger partial charge is 0.498 e. The summed E-state index contributed by atoms with van der Waals surface area (Å²) in [7, 11) is -0.494. The highest BCUT2D eigenvalue weighted by atomic mass is 16.7. The van der Waals surface area contributed by atoms with Gasteiger partial charge in [-0.1, -0.05) is 0 Å². The Morgan fingerprint density at radius 3 is 2.50 bits per heavy atom. The Labute approximate surface area is 165 Å². The first-order valence-electron chi connectivity index (χ1n) is 9.62. The van der Waals surface area contributed by atoms with Gasteiger partial charge in [0.1, 0.15) is 0 Å². The van der Waals surface area contributed by atoms with Gasteiger partial charge in [-0.05, 0) is 40.0 Å². The molecule has 2 aliphatic heterocycles. The molecule has 2 fully saturated rings. The number of likely N-dealkylation sites (tertiary alicyclic amines) is 1. The van der Waals surface area contributed by atoms with Crippen LogP contribution in [0, 0.1) is 5.92 Å². The first kappa shape index (κ1) is 21.0. The summed E-state index contributed by atoms with van der Waals surface area (Å²) in [5, 5.41) is 21.5. The summed E-state index contributed by atoms with van der Waals surface area (Å²) >= 11 is 0. The molecule has 0 radical (unpaired) electrons. The van der Waals surface area contributed by atoms with E-state index >= 15 is 0 Å². The van der Waals surface area contributed by atoms with Gasteiger partial charge in [0.2, 0.25) is 5.95 Å². The SMILES string of the molecule is CC1(C)OB(c2cnc(NC[C@H]3CCN(C(=O)[C@@H](O)CO)C3)nc2)OC1(C)C. The fourth-order valence-corrected chi connectivity index (χ4v) is 3.25. The number of rotatable bonds is 6. The van der Waals surface area contributed by atoms with Crippen molar-refractivity contribution in [3.05, 3.63) is 12.4 Å². The van der Waals surface area contributed by atoms with Crippen LogP contribution in [0.4, 0.5) is 5.95 Å². The molecule has 1 amide bonds.